The molecule has 0 radical (unpaired) electrons. The second kappa shape index (κ2) is 10.8. The zero-order valence-corrected chi connectivity index (χ0v) is 23.5. The quantitative estimate of drug-likeness (QED) is 0.108. The first-order chi connectivity index (χ1) is 18.8. The molecular weight excluding hydrogens is 566 g/mol. The van der Waals surface area contributed by atoms with Gasteiger partial charge in [0, 0.05) is 35.2 Å². The predicted molar refractivity (Wildman–Crippen MR) is 145 cm³/mol. The average molecular weight is 595 g/mol. The molecule has 1 aliphatic carbocycles. The molecule has 2 aromatic heterocycles. The molecule has 2 unspecified atom stereocenters. The van der Waals surface area contributed by atoms with Gasteiger partial charge in [-0.1, -0.05) is 5.16 Å². The third-order valence-electron chi connectivity index (χ3n) is 6.59. The smallest absolute Gasteiger partial charge is 0.350 e. The van der Waals surface area contributed by atoms with Crippen molar-refractivity contribution in [1.82, 2.24) is 19.4 Å². The standard InChI is InChI=1S/C22H27N9O7S2/c1-22(2,20(36)37)38-28-13(17-27-21(24)40-29-17)18(33)26-12-14(32)11-10(19(34)35)8(7-39-15(11)12)5-31-6-9(25-3)16(23)30(31)4/h6,11-12,15,23,25H,5,7H2,1-4H3,(H5,24,26,27,29,33,34,35,36,37)/p+1/b28-13-/t11?,12-,15?/m1/s1. The van der Waals surface area contributed by atoms with Crippen LogP contribution in [0.15, 0.2) is 22.5 Å². The molecule has 3 atom stereocenters. The lowest BCUT2D eigenvalue weighted by Gasteiger charge is -2.45. The number of carbonyl (C=O) groups is 4. The molecule has 1 aliphatic heterocycles. The van der Waals surface area contributed by atoms with Gasteiger partial charge in [0.1, 0.15) is 11.7 Å². The van der Waals surface area contributed by atoms with Crippen molar-refractivity contribution >= 4 is 69.3 Å². The Hall–Kier alpha value is -4.19. The predicted octanol–water partition coefficient (Wildman–Crippen LogP) is -1.17. The van der Waals surface area contributed by atoms with Crippen molar-refractivity contribution in [1.29, 1.82) is 0 Å². The number of oxime groups is 1. The van der Waals surface area contributed by atoms with Gasteiger partial charge in [0.05, 0.1) is 18.5 Å². The number of aromatic nitrogens is 4. The van der Waals surface area contributed by atoms with Gasteiger partial charge in [-0.25, -0.2) is 9.59 Å². The topological polar surface area (TPSA) is 241 Å². The number of carbonyl (C=O) groups excluding carboxylic acids is 2. The summed E-state index contributed by atoms with van der Waals surface area (Å²) in [4.78, 5) is 59.1. The van der Waals surface area contributed by atoms with E-state index in [0.29, 0.717) is 22.8 Å². The maximum Gasteiger partial charge on any atom is 0.350 e. The highest BCUT2D eigenvalue weighted by Crippen LogP contribution is 2.45. The van der Waals surface area contributed by atoms with Gasteiger partial charge in [-0.3, -0.25) is 9.59 Å². The number of rotatable bonds is 10. The Labute approximate surface area is 235 Å². The maximum atomic E-state index is 13.2. The Morgan fingerprint density at radius 3 is 2.58 bits per heavy atom. The van der Waals surface area contributed by atoms with E-state index in [9.17, 15) is 29.4 Å². The second-order valence-electron chi connectivity index (χ2n) is 9.53. The van der Waals surface area contributed by atoms with E-state index < -0.39 is 52.2 Å². The second-order valence-corrected chi connectivity index (χ2v) is 11.5. The van der Waals surface area contributed by atoms with Gasteiger partial charge in [0.2, 0.25) is 23.3 Å². The van der Waals surface area contributed by atoms with Gasteiger partial charge in [-0.05, 0) is 13.8 Å². The molecule has 1 saturated carbocycles. The fraction of sp³-hybridized carbons (Fsp3) is 0.455. The monoisotopic (exact) mass is 594 g/mol. The minimum Gasteiger partial charge on any atom is -0.478 e. The highest BCUT2D eigenvalue weighted by atomic mass is 32.2. The summed E-state index contributed by atoms with van der Waals surface area (Å²) in [6.07, 6.45) is 1.75. The van der Waals surface area contributed by atoms with Gasteiger partial charge in [0.25, 0.3) is 5.91 Å². The van der Waals surface area contributed by atoms with Crippen molar-refractivity contribution in [2.24, 2.45) is 18.1 Å². The van der Waals surface area contributed by atoms with Crippen LogP contribution in [0.3, 0.4) is 0 Å². The Bertz CT molecular complexity index is 1460. The number of anilines is 3. The first-order valence-corrected chi connectivity index (χ1v) is 13.6. The van der Waals surface area contributed by atoms with E-state index in [2.05, 4.69) is 25.1 Å². The number of ketones is 1. The van der Waals surface area contributed by atoms with Crippen LogP contribution in [0.2, 0.25) is 0 Å². The van der Waals surface area contributed by atoms with Crippen molar-refractivity contribution in [2.75, 3.05) is 29.6 Å². The highest BCUT2D eigenvalue weighted by molar-refractivity contribution is 8.00. The fourth-order valence-electron chi connectivity index (χ4n) is 4.23. The van der Waals surface area contributed by atoms with Crippen LogP contribution in [0.25, 0.3) is 0 Å². The number of hydrogen-bond donors (Lipinski definition) is 6. The van der Waals surface area contributed by atoms with Crippen molar-refractivity contribution in [3.8, 4) is 0 Å². The molecule has 2 aliphatic rings. The summed E-state index contributed by atoms with van der Waals surface area (Å²) in [6.45, 7) is 2.67. The molecule has 1 fully saturated rings. The van der Waals surface area contributed by atoms with Gasteiger partial charge in [0.15, 0.2) is 23.3 Å². The van der Waals surface area contributed by atoms with E-state index in [-0.39, 0.29) is 23.1 Å². The summed E-state index contributed by atoms with van der Waals surface area (Å²) in [5.74, 6) is -4.32. The summed E-state index contributed by atoms with van der Waals surface area (Å²) in [6, 6.07) is -1.03. The van der Waals surface area contributed by atoms with Crippen LogP contribution >= 0.6 is 23.3 Å². The summed E-state index contributed by atoms with van der Waals surface area (Å²) in [7, 11) is 3.45. The SMILES string of the molecule is CNc1c[n+](CC2=C(C(=O)O)C3C(=O)[C@@H](NC(=O)/C(=N\OC(C)(C)C(=O)O)c4nsc(N)n4)C3SC2)n(C)c1N. The number of nitrogen functional groups attached to an aromatic ring is 2. The van der Waals surface area contributed by atoms with E-state index in [1.54, 1.807) is 29.7 Å². The van der Waals surface area contributed by atoms with Gasteiger partial charge in [-0.15, -0.1) is 9.36 Å². The molecule has 16 nitrogen and oxygen atoms in total. The molecule has 40 heavy (non-hydrogen) atoms. The zero-order chi connectivity index (χ0) is 29.5. The first-order valence-electron chi connectivity index (χ1n) is 11.8. The van der Waals surface area contributed by atoms with Crippen molar-refractivity contribution in [2.45, 2.75) is 37.3 Å². The molecule has 214 valence electrons. The van der Waals surface area contributed by atoms with Crippen LogP contribution in [0.5, 0.6) is 0 Å². The van der Waals surface area contributed by atoms with Gasteiger partial charge >= 0.3 is 11.9 Å². The lowest BCUT2D eigenvalue weighted by Crippen LogP contribution is -2.66. The van der Waals surface area contributed by atoms with E-state index in [0.717, 1.165) is 11.5 Å². The molecule has 2 aromatic rings. The Morgan fingerprint density at radius 2 is 2.02 bits per heavy atom. The number of thioether (sulfide) groups is 1. The third-order valence-corrected chi connectivity index (χ3v) is 8.58. The normalized spacial score (nSPS) is 20.9. The van der Waals surface area contributed by atoms with E-state index in [1.165, 1.54) is 25.6 Å². The third kappa shape index (κ3) is 5.18. The molecular formula is C22H28N9O7S2+. The molecule has 3 heterocycles. The number of amides is 1. The van der Waals surface area contributed by atoms with Crippen LogP contribution in [0.1, 0.15) is 19.7 Å². The Kier molecular flexibility index (Phi) is 7.75. The minimum atomic E-state index is -1.78. The van der Waals surface area contributed by atoms with Crippen molar-refractivity contribution in [3.05, 3.63) is 23.2 Å². The number of Topliss-reactive ketones (excluding diaryl/α,β-unsaturated/α-hetero) is 1. The first kappa shape index (κ1) is 28.8. The number of nitrogens with two attached hydrogens (primary N) is 2. The molecule has 0 spiro atoms. The fourth-order valence-corrected chi connectivity index (χ4v) is 6.16. The zero-order valence-electron chi connectivity index (χ0n) is 21.9. The highest BCUT2D eigenvalue weighted by Gasteiger charge is 2.57. The summed E-state index contributed by atoms with van der Waals surface area (Å²) in [5.41, 5.74) is 10.7. The number of carboxylic acid groups (broad SMARTS) is 2. The van der Waals surface area contributed by atoms with Crippen LogP contribution in [-0.2, 0) is 37.6 Å². The number of fused-ring (bicyclic) bond motifs is 1. The number of hydrogen-bond acceptors (Lipinski definition) is 13. The maximum absolute atomic E-state index is 13.2. The average Bonchev–Trinajstić information content (AvgIpc) is 3.44. The van der Waals surface area contributed by atoms with Crippen LogP contribution in [0.4, 0.5) is 16.6 Å². The molecule has 8 N–H and O–H groups in total. The van der Waals surface area contributed by atoms with Crippen molar-refractivity contribution in [3.63, 3.8) is 0 Å². The largest absolute Gasteiger partial charge is 0.478 e. The number of aliphatic carboxylic acids is 2. The molecule has 1 amide bonds. The van der Waals surface area contributed by atoms with E-state index >= 15 is 0 Å². The Balaban J connectivity index is 1.57. The summed E-state index contributed by atoms with van der Waals surface area (Å²) < 4.78 is 7.36. The number of nitrogens with one attached hydrogen (secondary N) is 2. The molecule has 0 saturated heterocycles. The summed E-state index contributed by atoms with van der Waals surface area (Å²) in [5, 5.41) is 28.0. The molecule has 0 bridgehead atoms. The summed E-state index contributed by atoms with van der Waals surface area (Å²) >= 11 is 2.13. The molecule has 0 aromatic carbocycles. The number of carboxylic acids is 2. The van der Waals surface area contributed by atoms with E-state index in [1.807, 2.05) is 0 Å². The number of nitrogens with zero attached hydrogens (tertiary/aromatic N) is 5. The van der Waals surface area contributed by atoms with Crippen molar-refractivity contribution < 1.29 is 38.9 Å². The van der Waals surface area contributed by atoms with Crippen LogP contribution in [-0.4, -0.2) is 83.3 Å². The lowest BCUT2D eigenvalue weighted by molar-refractivity contribution is -0.765. The van der Waals surface area contributed by atoms with Gasteiger partial charge < -0.3 is 37.2 Å². The van der Waals surface area contributed by atoms with E-state index in [4.69, 9.17) is 16.3 Å². The van der Waals surface area contributed by atoms with Crippen LogP contribution in [0, 0.1) is 5.92 Å². The molecule has 18 heteroatoms. The minimum absolute atomic E-state index is 0.00750. The Morgan fingerprint density at radius 1 is 1.32 bits per heavy atom. The van der Waals surface area contributed by atoms with Gasteiger partial charge in [-0.2, -0.15) is 21.1 Å². The molecule has 4 rings (SSSR count). The lowest BCUT2D eigenvalue weighted by atomic mass is 9.71. The van der Waals surface area contributed by atoms with Crippen LogP contribution < -0.4 is 26.8 Å².